The summed E-state index contributed by atoms with van der Waals surface area (Å²) in [5.41, 5.74) is -0.670. The molecule has 28 heavy (non-hydrogen) atoms. The number of carbonyl (C=O) groups is 1. The Hall–Kier alpha value is -1.98. The third kappa shape index (κ3) is 4.36. The van der Waals surface area contributed by atoms with E-state index in [1.54, 1.807) is 12.1 Å². The van der Waals surface area contributed by atoms with E-state index in [0.29, 0.717) is 4.47 Å². The lowest BCUT2D eigenvalue weighted by atomic mass is 10.2. The quantitative estimate of drug-likeness (QED) is 0.681. The molecule has 0 unspecified atom stereocenters. The third-order valence-corrected chi connectivity index (χ3v) is 6.69. The molecule has 0 aliphatic carbocycles. The molecule has 1 aromatic heterocycles. The summed E-state index contributed by atoms with van der Waals surface area (Å²) in [6.45, 7) is 0.409. The van der Waals surface area contributed by atoms with Gasteiger partial charge >= 0.3 is 6.18 Å². The molecule has 2 aromatic rings. The minimum absolute atomic E-state index is 0.0447. The Morgan fingerprint density at radius 2 is 1.64 bits per heavy atom. The van der Waals surface area contributed by atoms with Crippen molar-refractivity contribution in [2.45, 2.75) is 11.1 Å². The fraction of sp³-hybridized carbons (Fsp3) is 0.294. The van der Waals surface area contributed by atoms with Gasteiger partial charge in [-0.3, -0.25) is 9.78 Å². The molecule has 11 heteroatoms. The number of hydrogen-bond acceptors (Lipinski definition) is 4. The van der Waals surface area contributed by atoms with Gasteiger partial charge in [0, 0.05) is 36.8 Å². The molecule has 0 bridgehead atoms. The van der Waals surface area contributed by atoms with Crippen LogP contribution in [0.1, 0.15) is 16.1 Å². The average Bonchev–Trinajstić information content (AvgIpc) is 2.67. The van der Waals surface area contributed by atoms with Crippen molar-refractivity contribution in [1.82, 2.24) is 14.2 Å². The lowest BCUT2D eigenvalue weighted by molar-refractivity contribution is -0.137. The van der Waals surface area contributed by atoms with Crippen LogP contribution < -0.4 is 0 Å². The van der Waals surface area contributed by atoms with E-state index in [9.17, 15) is 26.4 Å². The zero-order valence-corrected chi connectivity index (χ0v) is 16.8. The lowest BCUT2D eigenvalue weighted by Crippen LogP contribution is -2.50. The topological polar surface area (TPSA) is 70.6 Å². The van der Waals surface area contributed by atoms with Gasteiger partial charge in [0.15, 0.2) is 0 Å². The van der Waals surface area contributed by atoms with Gasteiger partial charge in [-0.1, -0.05) is 15.9 Å². The summed E-state index contributed by atoms with van der Waals surface area (Å²) in [5.74, 6) is -0.312. The second kappa shape index (κ2) is 7.80. The van der Waals surface area contributed by atoms with Gasteiger partial charge in [-0.15, -0.1) is 0 Å². The van der Waals surface area contributed by atoms with Crippen LogP contribution in [0.3, 0.4) is 0 Å². The number of amides is 1. The van der Waals surface area contributed by atoms with Crippen LogP contribution in [0.25, 0.3) is 0 Å². The van der Waals surface area contributed by atoms with E-state index in [1.807, 2.05) is 0 Å². The van der Waals surface area contributed by atoms with Crippen LogP contribution in [0.4, 0.5) is 13.2 Å². The van der Waals surface area contributed by atoms with E-state index in [1.165, 1.54) is 11.1 Å². The summed E-state index contributed by atoms with van der Waals surface area (Å²) in [7, 11) is -3.94. The highest BCUT2D eigenvalue weighted by molar-refractivity contribution is 9.10. The summed E-state index contributed by atoms with van der Waals surface area (Å²) >= 11 is 3.26. The highest BCUT2D eigenvalue weighted by atomic mass is 79.9. The largest absolute Gasteiger partial charge is 0.416 e. The molecule has 0 spiro atoms. The second-order valence-corrected chi connectivity index (χ2v) is 8.93. The molecule has 3 rings (SSSR count). The van der Waals surface area contributed by atoms with Crippen LogP contribution in [0.2, 0.25) is 0 Å². The molecule has 1 fully saturated rings. The summed E-state index contributed by atoms with van der Waals surface area (Å²) < 4.78 is 65.1. The summed E-state index contributed by atoms with van der Waals surface area (Å²) in [6.07, 6.45) is -3.04. The van der Waals surface area contributed by atoms with Gasteiger partial charge in [-0.2, -0.15) is 17.5 Å². The van der Waals surface area contributed by atoms with Gasteiger partial charge in [0.05, 0.1) is 10.5 Å². The first-order valence-corrected chi connectivity index (χ1v) is 10.4. The number of alkyl halides is 3. The SMILES string of the molecule is O=C(c1cc(Br)ccn1)N1CCN(S(=O)(=O)c2ccc(C(F)(F)F)cc2)CC1. The molecule has 1 aliphatic heterocycles. The van der Waals surface area contributed by atoms with Crippen molar-refractivity contribution in [3.8, 4) is 0 Å². The third-order valence-electron chi connectivity index (χ3n) is 4.29. The van der Waals surface area contributed by atoms with Crippen molar-refractivity contribution in [2.75, 3.05) is 26.2 Å². The minimum Gasteiger partial charge on any atom is -0.335 e. The van der Waals surface area contributed by atoms with E-state index in [2.05, 4.69) is 20.9 Å². The van der Waals surface area contributed by atoms with Crippen molar-refractivity contribution in [2.24, 2.45) is 0 Å². The molecule has 2 heterocycles. The first-order chi connectivity index (χ1) is 13.1. The Morgan fingerprint density at radius 1 is 1.04 bits per heavy atom. The van der Waals surface area contributed by atoms with Gasteiger partial charge in [0.25, 0.3) is 5.91 Å². The van der Waals surface area contributed by atoms with Crippen LogP contribution in [0.5, 0.6) is 0 Å². The molecule has 0 N–H and O–H groups in total. The zero-order valence-electron chi connectivity index (χ0n) is 14.4. The molecular formula is C17H15BrF3N3O3S. The highest BCUT2D eigenvalue weighted by Crippen LogP contribution is 2.30. The first-order valence-electron chi connectivity index (χ1n) is 8.17. The minimum atomic E-state index is -4.53. The van der Waals surface area contributed by atoms with E-state index in [4.69, 9.17) is 0 Å². The predicted octanol–water partition coefficient (Wildman–Crippen LogP) is 3.01. The smallest absolute Gasteiger partial charge is 0.335 e. The molecule has 0 atom stereocenters. The summed E-state index contributed by atoms with van der Waals surface area (Å²) in [4.78, 5) is 17.8. The Labute approximate surface area is 168 Å². The van der Waals surface area contributed by atoms with E-state index < -0.39 is 21.8 Å². The maximum Gasteiger partial charge on any atom is 0.416 e. The molecule has 6 nitrogen and oxygen atoms in total. The van der Waals surface area contributed by atoms with Crippen molar-refractivity contribution in [3.05, 3.63) is 58.3 Å². The molecular weight excluding hydrogens is 463 g/mol. The molecule has 1 aliphatic rings. The number of benzene rings is 1. The number of aromatic nitrogens is 1. The van der Waals surface area contributed by atoms with Gasteiger partial charge < -0.3 is 4.90 Å². The average molecular weight is 478 g/mol. The highest BCUT2D eigenvalue weighted by Gasteiger charge is 2.33. The number of hydrogen-bond donors (Lipinski definition) is 0. The van der Waals surface area contributed by atoms with Crippen LogP contribution in [0.15, 0.2) is 52.0 Å². The Bertz CT molecular complexity index is 973. The van der Waals surface area contributed by atoms with Crippen molar-refractivity contribution >= 4 is 31.9 Å². The van der Waals surface area contributed by atoms with Crippen LogP contribution in [-0.2, 0) is 16.2 Å². The monoisotopic (exact) mass is 477 g/mol. The second-order valence-electron chi connectivity index (χ2n) is 6.08. The molecule has 1 amide bonds. The molecule has 1 saturated heterocycles. The van der Waals surface area contributed by atoms with Crippen molar-refractivity contribution in [3.63, 3.8) is 0 Å². The number of piperazine rings is 1. The maximum atomic E-state index is 12.7. The maximum absolute atomic E-state index is 12.7. The summed E-state index contributed by atoms with van der Waals surface area (Å²) in [6, 6.07) is 6.64. The number of sulfonamides is 1. The van der Waals surface area contributed by atoms with Crippen molar-refractivity contribution < 1.29 is 26.4 Å². The fourth-order valence-electron chi connectivity index (χ4n) is 2.78. The number of nitrogens with zero attached hydrogens (tertiary/aromatic N) is 3. The van der Waals surface area contributed by atoms with Gasteiger partial charge in [0.2, 0.25) is 10.0 Å². The van der Waals surface area contributed by atoms with Crippen molar-refractivity contribution in [1.29, 1.82) is 0 Å². The van der Waals surface area contributed by atoms with Crippen LogP contribution in [0, 0.1) is 0 Å². The van der Waals surface area contributed by atoms with Gasteiger partial charge in [-0.05, 0) is 36.4 Å². The molecule has 150 valence electrons. The Balaban J connectivity index is 1.69. The number of rotatable bonds is 3. The van der Waals surface area contributed by atoms with E-state index in [-0.39, 0.29) is 42.7 Å². The normalized spacial score (nSPS) is 16.2. The molecule has 1 aromatic carbocycles. The number of carbonyl (C=O) groups excluding carboxylic acids is 1. The lowest BCUT2D eigenvalue weighted by Gasteiger charge is -2.33. The fourth-order valence-corrected chi connectivity index (χ4v) is 4.54. The van der Waals surface area contributed by atoms with Crippen LogP contribution in [-0.4, -0.2) is 54.7 Å². The van der Waals surface area contributed by atoms with E-state index in [0.717, 1.165) is 28.6 Å². The van der Waals surface area contributed by atoms with Gasteiger partial charge in [0.1, 0.15) is 5.69 Å². The van der Waals surface area contributed by atoms with Crippen LogP contribution >= 0.6 is 15.9 Å². The number of halogens is 4. The molecule has 0 saturated carbocycles. The predicted molar refractivity (Wildman–Crippen MR) is 98.0 cm³/mol. The molecule has 0 radical (unpaired) electrons. The number of pyridine rings is 1. The van der Waals surface area contributed by atoms with E-state index >= 15 is 0 Å². The zero-order chi connectivity index (χ0) is 20.5. The standard InChI is InChI=1S/C17H15BrF3N3O3S/c18-13-5-6-22-15(11-13)16(25)23-7-9-24(10-8-23)28(26,27)14-3-1-12(2-4-14)17(19,20)21/h1-6,11H,7-10H2. The summed E-state index contributed by atoms with van der Waals surface area (Å²) in [5, 5.41) is 0. The first kappa shape index (κ1) is 20.7. The van der Waals surface area contributed by atoms with Gasteiger partial charge in [-0.25, -0.2) is 8.42 Å². The Morgan fingerprint density at radius 3 is 2.18 bits per heavy atom. The Kier molecular flexibility index (Phi) is 5.78.